The highest BCUT2D eigenvalue weighted by Gasteiger charge is 2.46. The van der Waals surface area contributed by atoms with Gasteiger partial charge in [0.15, 0.2) is 0 Å². The van der Waals surface area contributed by atoms with Crippen LogP contribution in [0.4, 0.5) is 0 Å². The quantitative estimate of drug-likeness (QED) is 0.467. The van der Waals surface area contributed by atoms with Crippen LogP contribution in [0, 0.1) is 0 Å². The van der Waals surface area contributed by atoms with Crippen LogP contribution in [0.2, 0.25) is 0 Å². The van der Waals surface area contributed by atoms with Gasteiger partial charge in [0.2, 0.25) is 0 Å². The fourth-order valence-corrected chi connectivity index (χ4v) is 3.82. The summed E-state index contributed by atoms with van der Waals surface area (Å²) in [7, 11) is 1.86. The Hall–Kier alpha value is -2.73. The molecule has 1 aliphatic carbocycles. The van der Waals surface area contributed by atoms with Gasteiger partial charge in [-0.25, -0.2) is 0 Å². The number of hydrogen-bond donors (Lipinski definition) is 2. The summed E-state index contributed by atoms with van der Waals surface area (Å²) in [4.78, 5) is 15.8. The molecule has 6 heteroatoms. The molecule has 6 nitrogen and oxygen atoms in total. The molecule has 29 heavy (non-hydrogen) atoms. The minimum Gasteiger partial charge on any atom is -0.365 e. The predicted molar refractivity (Wildman–Crippen MR) is 119 cm³/mol. The van der Waals surface area contributed by atoms with E-state index in [9.17, 15) is 0 Å². The van der Waals surface area contributed by atoms with E-state index in [2.05, 4.69) is 68.6 Å². The molecule has 2 fully saturated rings. The highest BCUT2D eigenvalue weighted by atomic mass is 15.3. The number of nitrogens with zero attached hydrogens (tertiary/aromatic N) is 4. The third-order valence-corrected chi connectivity index (χ3v) is 5.60. The van der Waals surface area contributed by atoms with E-state index < -0.39 is 0 Å². The number of benzene rings is 1. The van der Waals surface area contributed by atoms with Gasteiger partial charge in [-0.15, -0.1) is 0 Å². The second kappa shape index (κ2) is 8.33. The van der Waals surface area contributed by atoms with Gasteiger partial charge in [-0.2, -0.15) is 0 Å². The Morgan fingerprint density at radius 3 is 2.72 bits per heavy atom. The largest absolute Gasteiger partial charge is 0.365 e. The molecular formula is C23H30N6. The summed E-state index contributed by atoms with van der Waals surface area (Å²) in [5.41, 5.74) is 5.77. The highest BCUT2D eigenvalue weighted by molar-refractivity contribution is 5.98. The van der Waals surface area contributed by atoms with E-state index in [1.165, 1.54) is 29.7 Å². The maximum atomic E-state index is 4.61. The van der Waals surface area contributed by atoms with Crippen molar-refractivity contribution >= 4 is 16.9 Å². The zero-order chi connectivity index (χ0) is 20.3. The molecule has 1 aromatic heterocycles. The molecule has 1 aromatic carbocycles. The monoisotopic (exact) mass is 390 g/mol. The maximum absolute atomic E-state index is 4.61. The third kappa shape index (κ3) is 4.65. The lowest BCUT2D eigenvalue weighted by Gasteiger charge is -2.37. The van der Waals surface area contributed by atoms with Gasteiger partial charge in [-0.05, 0) is 50.5 Å². The van der Waals surface area contributed by atoms with Crippen LogP contribution in [0.5, 0.6) is 0 Å². The van der Waals surface area contributed by atoms with E-state index in [4.69, 9.17) is 0 Å². The smallest absolute Gasteiger partial charge is 0.144 e. The van der Waals surface area contributed by atoms with Gasteiger partial charge in [-0.3, -0.25) is 15.0 Å². The molecule has 2 N–H and O–H groups in total. The molecule has 0 radical (unpaired) electrons. The number of piperazine rings is 1. The van der Waals surface area contributed by atoms with E-state index in [1.54, 1.807) is 12.4 Å². The van der Waals surface area contributed by atoms with E-state index in [0.717, 1.165) is 36.5 Å². The molecule has 4 rings (SSSR count). The minimum atomic E-state index is 0.318. The first-order valence-electron chi connectivity index (χ1n) is 10.3. The Morgan fingerprint density at radius 2 is 2.00 bits per heavy atom. The van der Waals surface area contributed by atoms with E-state index in [-0.39, 0.29) is 0 Å². The van der Waals surface area contributed by atoms with Crippen LogP contribution >= 0.6 is 0 Å². The normalized spacial score (nSPS) is 18.8. The minimum absolute atomic E-state index is 0.318. The number of rotatable bonds is 5. The number of aliphatic imine (C=N–C) groups is 1. The molecular weight excluding hydrogens is 360 g/mol. The summed E-state index contributed by atoms with van der Waals surface area (Å²) in [5, 5.41) is 7.26. The summed E-state index contributed by atoms with van der Waals surface area (Å²) >= 11 is 0. The topological polar surface area (TPSA) is 65.4 Å². The molecule has 152 valence electrons. The number of aromatic nitrogens is 2. The molecule has 1 aliphatic heterocycles. The van der Waals surface area contributed by atoms with Gasteiger partial charge >= 0.3 is 0 Å². The van der Waals surface area contributed by atoms with Crippen molar-refractivity contribution in [1.82, 2.24) is 25.5 Å². The highest BCUT2D eigenvalue weighted by Crippen LogP contribution is 2.38. The van der Waals surface area contributed by atoms with Gasteiger partial charge in [0, 0.05) is 51.2 Å². The Balaban J connectivity index is 1.53. The van der Waals surface area contributed by atoms with Crippen LogP contribution in [-0.4, -0.2) is 52.9 Å². The van der Waals surface area contributed by atoms with Crippen molar-refractivity contribution in [2.24, 2.45) is 4.99 Å². The van der Waals surface area contributed by atoms with E-state index >= 15 is 0 Å². The van der Waals surface area contributed by atoms with Crippen LogP contribution in [0.15, 0.2) is 59.0 Å². The van der Waals surface area contributed by atoms with Gasteiger partial charge < -0.3 is 15.5 Å². The van der Waals surface area contributed by atoms with Crippen molar-refractivity contribution in [3.63, 3.8) is 0 Å². The lowest BCUT2D eigenvalue weighted by Crippen LogP contribution is -2.53. The molecule has 2 heterocycles. The van der Waals surface area contributed by atoms with Crippen molar-refractivity contribution in [2.75, 3.05) is 26.7 Å². The first-order valence-corrected chi connectivity index (χ1v) is 10.3. The summed E-state index contributed by atoms with van der Waals surface area (Å²) in [5.74, 6) is 0.930. The number of fused-ring (bicyclic) bond motifs is 1. The first kappa shape index (κ1) is 19.6. The van der Waals surface area contributed by atoms with Crippen molar-refractivity contribution < 1.29 is 0 Å². The molecule has 2 aromatic rings. The van der Waals surface area contributed by atoms with Gasteiger partial charge in [0.05, 0.1) is 16.7 Å². The SMILES string of the molecule is CN=C(NCc1ccc2nccnc2c1)/C(=C\C=C(C)C)N1CCNC2(CC2)C1. The Labute approximate surface area is 172 Å². The lowest BCUT2D eigenvalue weighted by atomic mass is 10.1. The van der Waals surface area contributed by atoms with Crippen LogP contribution in [-0.2, 0) is 6.54 Å². The number of amidine groups is 1. The summed E-state index contributed by atoms with van der Waals surface area (Å²) in [6.45, 7) is 8.01. The van der Waals surface area contributed by atoms with Crippen LogP contribution in [0.25, 0.3) is 11.0 Å². The van der Waals surface area contributed by atoms with E-state index in [1.807, 2.05) is 13.1 Å². The zero-order valence-corrected chi connectivity index (χ0v) is 17.6. The van der Waals surface area contributed by atoms with Crippen molar-refractivity contribution in [1.29, 1.82) is 0 Å². The molecule has 2 aliphatic rings. The van der Waals surface area contributed by atoms with Gasteiger partial charge in [0.25, 0.3) is 0 Å². The zero-order valence-electron chi connectivity index (χ0n) is 17.6. The van der Waals surface area contributed by atoms with Gasteiger partial charge in [0.1, 0.15) is 5.84 Å². The van der Waals surface area contributed by atoms with Crippen molar-refractivity contribution in [3.8, 4) is 0 Å². The Bertz CT molecular complexity index is 966. The second-order valence-electron chi connectivity index (χ2n) is 8.23. The van der Waals surface area contributed by atoms with Crippen LogP contribution in [0.1, 0.15) is 32.3 Å². The van der Waals surface area contributed by atoms with Crippen molar-refractivity contribution in [2.45, 2.75) is 38.8 Å². The van der Waals surface area contributed by atoms with Crippen LogP contribution < -0.4 is 10.6 Å². The van der Waals surface area contributed by atoms with E-state index in [0.29, 0.717) is 12.1 Å². The fraction of sp³-hybridized carbons (Fsp3) is 0.435. The second-order valence-corrected chi connectivity index (χ2v) is 8.23. The van der Waals surface area contributed by atoms with Crippen LogP contribution in [0.3, 0.4) is 0 Å². The Morgan fingerprint density at radius 1 is 1.21 bits per heavy atom. The average Bonchev–Trinajstić information content (AvgIpc) is 3.48. The molecule has 1 spiro atoms. The summed E-state index contributed by atoms with van der Waals surface area (Å²) < 4.78 is 0. The lowest BCUT2D eigenvalue weighted by molar-refractivity contribution is 0.242. The number of hydrogen-bond acceptors (Lipinski definition) is 5. The molecule has 1 saturated heterocycles. The maximum Gasteiger partial charge on any atom is 0.144 e. The molecule has 1 saturated carbocycles. The fourth-order valence-electron chi connectivity index (χ4n) is 3.82. The molecule has 0 atom stereocenters. The summed E-state index contributed by atoms with van der Waals surface area (Å²) in [6, 6.07) is 6.21. The number of nitrogens with one attached hydrogen (secondary N) is 2. The standard InChI is InChI=1S/C23H30N6/c1-17(2)4-7-21(29-13-12-28-23(16-29)8-9-23)22(24-3)27-15-18-5-6-19-20(14-18)26-11-10-25-19/h4-7,10-11,14,28H,8-9,12-13,15-16H2,1-3H3,(H,24,27)/b21-7+. The molecule has 0 unspecified atom stereocenters. The van der Waals surface area contributed by atoms with Crippen molar-refractivity contribution in [3.05, 3.63) is 59.6 Å². The average molecular weight is 391 g/mol. The summed E-state index contributed by atoms with van der Waals surface area (Å²) in [6.07, 6.45) is 10.4. The predicted octanol–water partition coefficient (Wildman–Crippen LogP) is 3.04. The van der Waals surface area contributed by atoms with Gasteiger partial charge in [-0.1, -0.05) is 17.7 Å². The molecule has 0 bridgehead atoms. The first-order chi connectivity index (χ1) is 14.1. The number of allylic oxidation sites excluding steroid dienone is 3. The molecule has 0 amide bonds. The Kier molecular flexibility index (Phi) is 5.62. The third-order valence-electron chi connectivity index (χ3n) is 5.60.